The maximum absolute atomic E-state index is 8.33. The number of carboxylic acid groups (broad SMARTS) is 2. The monoisotopic (exact) mass is 480 g/mol. The van der Waals surface area contributed by atoms with Crippen LogP contribution >= 0.6 is 67.8 Å². The first kappa shape index (κ1) is 13.8. The van der Waals surface area contributed by atoms with Crippen LogP contribution in [0.5, 0.6) is 0 Å². The summed E-state index contributed by atoms with van der Waals surface area (Å²) >= 11 is 6.89. The van der Waals surface area contributed by atoms with Gasteiger partial charge in [-0.25, -0.2) is 0 Å². The van der Waals surface area contributed by atoms with Gasteiger partial charge < -0.3 is 15.0 Å². The molecular formula is C4H3I3O3-2. The highest BCUT2D eigenvalue weighted by molar-refractivity contribution is 14.3. The Hall–Kier alpha value is 1.20. The Labute approximate surface area is 99.7 Å². The molecule has 0 saturated heterocycles. The van der Waals surface area contributed by atoms with Crippen LogP contribution in [0.25, 0.3) is 0 Å². The first-order valence-corrected chi connectivity index (χ1v) is 5.11. The number of hydrogen-bond donors (Lipinski definition) is 0. The molecule has 0 atom stereocenters. The van der Waals surface area contributed by atoms with Crippen molar-refractivity contribution in [2.45, 2.75) is -0.565 Å². The van der Waals surface area contributed by atoms with Gasteiger partial charge in [-0.05, 0) is 6.16 Å². The molecule has 0 saturated carbocycles. The van der Waals surface area contributed by atoms with Crippen LogP contribution in [0, 0.1) is 0 Å². The zero-order chi connectivity index (χ0) is 8.78. The molecule has 0 amide bonds. The molecule has 0 rings (SSSR count). The summed E-state index contributed by atoms with van der Waals surface area (Å²) in [5, 5.41) is 16.7. The van der Waals surface area contributed by atoms with Crippen molar-refractivity contribution in [2.75, 3.05) is 0 Å². The maximum Gasteiger partial charge on any atom is 0.142 e. The molecule has 0 aliphatic heterocycles. The highest BCUT2D eigenvalue weighted by Gasteiger charge is 2.08. The molecule has 0 unspecified atom stereocenters. The average Bonchev–Trinajstić information content (AvgIpc) is 1.63. The lowest BCUT2D eigenvalue weighted by Crippen LogP contribution is -2.37. The predicted molar refractivity (Wildman–Crippen MR) is 60.4 cm³/mol. The SMILES string of the molecule is C=CC(I)(I)I.O=C([O-])[O-]. The van der Waals surface area contributed by atoms with E-state index < -0.39 is 6.16 Å². The highest BCUT2D eigenvalue weighted by atomic mass is 127. The number of hydrogen-bond acceptors (Lipinski definition) is 3. The Morgan fingerprint density at radius 2 is 1.50 bits per heavy atom. The van der Waals surface area contributed by atoms with Gasteiger partial charge in [-0.1, -0.05) is 73.8 Å². The van der Waals surface area contributed by atoms with Gasteiger partial charge in [-0.2, -0.15) is 0 Å². The summed E-state index contributed by atoms with van der Waals surface area (Å²) in [4.78, 5) is 8.33. The van der Waals surface area contributed by atoms with Crippen molar-refractivity contribution in [3.05, 3.63) is 12.7 Å². The fourth-order valence-electron chi connectivity index (χ4n) is 0. The van der Waals surface area contributed by atoms with E-state index in [9.17, 15) is 0 Å². The third-order valence-corrected chi connectivity index (χ3v) is 1.55. The summed E-state index contributed by atoms with van der Waals surface area (Å²) in [5.74, 6) is 0. The van der Waals surface area contributed by atoms with Crippen LogP contribution in [0.15, 0.2) is 12.7 Å². The van der Waals surface area contributed by atoms with Crippen LogP contribution in [0.1, 0.15) is 0 Å². The van der Waals surface area contributed by atoms with E-state index in [0.717, 1.165) is 0 Å². The van der Waals surface area contributed by atoms with Gasteiger partial charge in [0.2, 0.25) is 0 Å². The molecule has 0 fully saturated rings. The van der Waals surface area contributed by atoms with Crippen molar-refractivity contribution in [1.29, 1.82) is 0 Å². The predicted octanol–water partition coefficient (Wildman–Crippen LogP) is 0.684. The van der Waals surface area contributed by atoms with Crippen LogP contribution in [0.2, 0.25) is 0 Å². The number of carbonyl (C=O) groups excluding carboxylic acids is 1. The molecule has 0 bridgehead atoms. The van der Waals surface area contributed by atoms with E-state index in [4.69, 9.17) is 15.0 Å². The van der Waals surface area contributed by atoms with Gasteiger partial charge in [0.1, 0.15) is -0.565 Å². The second-order valence-corrected chi connectivity index (χ2v) is 12.3. The Kier molecular flexibility index (Phi) is 9.48. The lowest BCUT2D eigenvalue weighted by atomic mass is 10.8. The van der Waals surface area contributed by atoms with Crippen LogP contribution in [-0.2, 0) is 0 Å². The van der Waals surface area contributed by atoms with E-state index in [2.05, 4.69) is 74.4 Å². The minimum absolute atomic E-state index is 0.216. The van der Waals surface area contributed by atoms with Crippen molar-refractivity contribution in [1.82, 2.24) is 0 Å². The summed E-state index contributed by atoms with van der Waals surface area (Å²) in [6.45, 7) is 3.61. The van der Waals surface area contributed by atoms with Gasteiger partial charge in [0.05, 0.1) is 0 Å². The van der Waals surface area contributed by atoms with Crippen molar-refractivity contribution < 1.29 is 15.0 Å². The molecule has 0 aromatic heterocycles. The van der Waals surface area contributed by atoms with Crippen LogP contribution < -0.4 is 10.2 Å². The summed E-state index contributed by atoms with van der Waals surface area (Å²) in [5.41, 5.74) is 0. The minimum atomic E-state index is -2.33. The minimum Gasteiger partial charge on any atom is -0.652 e. The lowest BCUT2D eigenvalue weighted by Gasteiger charge is -2.00. The van der Waals surface area contributed by atoms with Gasteiger partial charge in [-0.15, -0.1) is 6.58 Å². The molecule has 0 aromatic carbocycles. The molecule has 0 aromatic rings. The number of allylic oxidation sites excluding steroid dienone is 1. The van der Waals surface area contributed by atoms with Gasteiger partial charge in [0.15, 0.2) is 0 Å². The smallest absolute Gasteiger partial charge is 0.142 e. The number of halogens is 3. The van der Waals surface area contributed by atoms with Crippen molar-refractivity contribution >= 4 is 73.9 Å². The van der Waals surface area contributed by atoms with Crippen LogP contribution in [-0.4, -0.2) is 5.59 Å². The second kappa shape index (κ2) is 6.88. The van der Waals surface area contributed by atoms with Gasteiger partial charge in [-0.3, -0.25) is 0 Å². The molecule has 0 heterocycles. The maximum atomic E-state index is 8.33. The van der Waals surface area contributed by atoms with Gasteiger partial charge in [0.25, 0.3) is 0 Å². The van der Waals surface area contributed by atoms with E-state index in [1.807, 2.05) is 6.08 Å². The zero-order valence-corrected chi connectivity index (χ0v) is 11.1. The number of carbonyl (C=O) groups is 1. The zero-order valence-electron chi connectivity index (χ0n) is 4.64. The molecule has 3 nitrogen and oxygen atoms in total. The molecule has 0 aliphatic rings. The van der Waals surface area contributed by atoms with E-state index in [1.54, 1.807) is 0 Å². The Balaban J connectivity index is 0. The summed E-state index contributed by atoms with van der Waals surface area (Å²) in [6.07, 6.45) is -0.436. The summed E-state index contributed by atoms with van der Waals surface area (Å²) in [7, 11) is 0. The topological polar surface area (TPSA) is 63.2 Å². The second-order valence-electron chi connectivity index (χ2n) is 0.996. The number of rotatable bonds is 1. The van der Waals surface area contributed by atoms with Crippen molar-refractivity contribution in [2.24, 2.45) is 0 Å². The molecule has 0 radical (unpaired) electrons. The first-order chi connectivity index (χ1) is 4.29. The van der Waals surface area contributed by atoms with Gasteiger partial charge in [0, 0.05) is 0 Å². The quantitative estimate of drug-likeness (QED) is 0.316. The summed E-state index contributed by atoms with van der Waals surface area (Å²) in [6, 6.07) is 0. The van der Waals surface area contributed by atoms with Crippen molar-refractivity contribution in [3.8, 4) is 0 Å². The van der Waals surface area contributed by atoms with E-state index in [-0.39, 0.29) is -0.565 Å². The number of alkyl halides is 3. The molecule has 60 valence electrons. The van der Waals surface area contributed by atoms with E-state index in [1.165, 1.54) is 0 Å². The van der Waals surface area contributed by atoms with Crippen LogP contribution in [0.4, 0.5) is 4.79 Å². The Morgan fingerprint density at radius 3 is 1.50 bits per heavy atom. The Morgan fingerprint density at radius 1 is 1.40 bits per heavy atom. The fraction of sp³-hybridized carbons (Fsp3) is 0.250. The van der Waals surface area contributed by atoms with Crippen molar-refractivity contribution in [3.63, 3.8) is 0 Å². The molecule has 6 heteroatoms. The third kappa shape index (κ3) is 35.1. The Bertz CT molecular complexity index is 113. The van der Waals surface area contributed by atoms with E-state index >= 15 is 0 Å². The summed E-state index contributed by atoms with van der Waals surface area (Å²) < 4.78 is 0.216. The molecule has 0 aliphatic carbocycles. The first-order valence-electron chi connectivity index (χ1n) is 1.88. The molecule has 10 heavy (non-hydrogen) atoms. The largest absolute Gasteiger partial charge is 0.652 e. The highest BCUT2D eigenvalue weighted by Crippen LogP contribution is 2.35. The van der Waals surface area contributed by atoms with Gasteiger partial charge >= 0.3 is 0 Å². The van der Waals surface area contributed by atoms with E-state index in [0.29, 0.717) is 0 Å². The fourth-order valence-corrected chi connectivity index (χ4v) is 0. The molecular weight excluding hydrogens is 477 g/mol. The van der Waals surface area contributed by atoms with Crippen LogP contribution in [0.3, 0.4) is 0 Å². The molecule has 0 N–H and O–H groups in total. The standard InChI is InChI=1S/C3H3I3.CH2O3/c1-2-3(4,5)6;2-1(3)4/h2H,1H2;(H2,2,3,4)/p-2. The average molecular weight is 480 g/mol. The molecule has 0 spiro atoms. The third-order valence-electron chi connectivity index (χ3n) is 0.231. The normalized spacial score (nSPS) is 9.10. The lowest BCUT2D eigenvalue weighted by molar-refractivity contribution is -0.415.